The van der Waals surface area contributed by atoms with E-state index >= 15 is 0 Å². The number of benzene rings is 1. The summed E-state index contributed by atoms with van der Waals surface area (Å²) in [7, 11) is 0. The lowest BCUT2D eigenvalue weighted by Gasteiger charge is -2.13. The number of carbonyl (C=O) groups is 1. The number of amides is 1. The van der Waals surface area contributed by atoms with Crippen molar-refractivity contribution in [2.24, 2.45) is 0 Å². The van der Waals surface area contributed by atoms with E-state index in [1.54, 1.807) is 0 Å². The number of alkyl halides is 3. The quantitative estimate of drug-likeness (QED) is 0.894. The first-order valence-electron chi connectivity index (χ1n) is 6.72. The van der Waals surface area contributed by atoms with Gasteiger partial charge in [-0.1, -0.05) is 11.6 Å². The van der Waals surface area contributed by atoms with Crippen LogP contribution in [0.1, 0.15) is 18.4 Å². The molecule has 1 aromatic rings. The van der Waals surface area contributed by atoms with E-state index in [9.17, 15) is 18.0 Å². The fourth-order valence-corrected chi connectivity index (χ4v) is 2.21. The molecule has 4 nitrogen and oxygen atoms in total. The van der Waals surface area contributed by atoms with Crippen molar-refractivity contribution in [3.63, 3.8) is 0 Å². The smallest absolute Gasteiger partial charge is 0.376 e. The zero-order valence-electron chi connectivity index (χ0n) is 11.6. The minimum absolute atomic E-state index is 0.0232. The van der Waals surface area contributed by atoms with Gasteiger partial charge in [-0.05, 0) is 31.0 Å². The molecule has 0 unspecified atom stereocenters. The molecule has 8 heteroatoms. The van der Waals surface area contributed by atoms with Gasteiger partial charge in [-0.15, -0.1) is 0 Å². The number of hydrogen-bond acceptors (Lipinski definition) is 3. The second-order valence-corrected chi connectivity index (χ2v) is 5.30. The lowest BCUT2D eigenvalue weighted by Crippen LogP contribution is -2.22. The van der Waals surface area contributed by atoms with Crippen LogP contribution in [0.4, 0.5) is 18.9 Å². The van der Waals surface area contributed by atoms with Crippen LogP contribution in [0.2, 0.25) is 5.02 Å². The molecule has 1 fully saturated rings. The van der Waals surface area contributed by atoms with Gasteiger partial charge in [-0.25, -0.2) is 0 Å². The molecule has 1 amide bonds. The van der Waals surface area contributed by atoms with E-state index in [2.05, 4.69) is 5.32 Å². The van der Waals surface area contributed by atoms with Crippen LogP contribution in [0.3, 0.4) is 0 Å². The van der Waals surface area contributed by atoms with Gasteiger partial charge in [0.2, 0.25) is 5.91 Å². The van der Waals surface area contributed by atoms with Crippen LogP contribution in [0, 0.1) is 0 Å². The summed E-state index contributed by atoms with van der Waals surface area (Å²) in [5.41, 5.74) is -0.977. The highest BCUT2D eigenvalue weighted by Gasteiger charge is 2.31. The highest BCUT2D eigenvalue weighted by atomic mass is 35.5. The summed E-state index contributed by atoms with van der Waals surface area (Å²) in [5, 5.41) is 2.34. The van der Waals surface area contributed by atoms with Gasteiger partial charge in [0.1, 0.15) is 6.61 Å². The van der Waals surface area contributed by atoms with Crippen LogP contribution in [0.25, 0.3) is 0 Å². The summed E-state index contributed by atoms with van der Waals surface area (Å²) in [6.07, 6.45) is -2.69. The van der Waals surface area contributed by atoms with Crippen molar-refractivity contribution < 1.29 is 27.4 Å². The monoisotopic (exact) mass is 337 g/mol. The maximum atomic E-state index is 12.6. The Balaban J connectivity index is 1.87. The topological polar surface area (TPSA) is 47.6 Å². The maximum absolute atomic E-state index is 12.6. The normalized spacial score (nSPS) is 18.5. The molecule has 0 saturated carbocycles. The summed E-state index contributed by atoms with van der Waals surface area (Å²) in [4.78, 5) is 11.7. The molecular weight excluding hydrogens is 323 g/mol. The van der Waals surface area contributed by atoms with Gasteiger partial charge in [-0.2, -0.15) is 13.2 Å². The van der Waals surface area contributed by atoms with Crippen molar-refractivity contribution in [2.45, 2.75) is 25.1 Å². The predicted molar refractivity (Wildman–Crippen MR) is 74.9 cm³/mol. The average molecular weight is 338 g/mol. The highest BCUT2D eigenvalue weighted by Crippen LogP contribution is 2.33. The van der Waals surface area contributed by atoms with E-state index in [1.165, 1.54) is 0 Å². The molecule has 1 aliphatic heterocycles. The molecule has 1 atom stereocenters. The van der Waals surface area contributed by atoms with Crippen LogP contribution < -0.4 is 5.32 Å². The van der Waals surface area contributed by atoms with E-state index in [4.69, 9.17) is 21.1 Å². The number of carbonyl (C=O) groups excluding carboxylic acids is 1. The van der Waals surface area contributed by atoms with Crippen LogP contribution >= 0.6 is 11.6 Å². The average Bonchev–Trinajstić information content (AvgIpc) is 2.93. The Kier molecular flexibility index (Phi) is 5.66. The molecule has 1 N–H and O–H groups in total. The fourth-order valence-electron chi connectivity index (χ4n) is 2.04. The molecule has 0 bridgehead atoms. The van der Waals surface area contributed by atoms with Crippen molar-refractivity contribution in [1.29, 1.82) is 0 Å². The standard InChI is InChI=1S/C14H15ClF3NO3/c15-11-4-3-9(14(16,17)18)6-12(11)19-13(20)8-21-7-10-2-1-5-22-10/h3-4,6,10H,1-2,5,7-8H2,(H,19,20)/t10-/m0/s1. The van der Waals surface area contributed by atoms with E-state index in [1.807, 2.05) is 0 Å². The fraction of sp³-hybridized carbons (Fsp3) is 0.500. The Bertz CT molecular complexity index is 531. The Morgan fingerprint density at radius 3 is 2.86 bits per heavy atom. The van der Waals surface area contributed by atoms with Gasteiger partial charge in [-0.3, -0.25) is 4.79 Å². The number of hydrogen-bond donors (Lipinski definition) is 1. The van der Waals surface area contributed by atoms with Gasteiger partial charge >= 0.3 is 6.18 Å². The lowest BCUT2D eigenvalue weighted by molar-refractivity contribution is -0.137. The Hall–Kier alpha value is -1.31. The molecule has 0 spiro atoms. The van der Waals surface area contributed by atoms with Crippen molar-refractivity contribution in [2.75, 3.05) is 25.1 Å². The third-order valence-corrected chi connectivity index (χ3v) is 3.46. The number of nitrogens with one attached hydrogen (secondary N) is 1. The second kappa shape index (κ2) is 7.30. The van der Waals surface area contributed by atoms with E-state index in [0.717, 1.165) is 31.0 Å². The third kappa shape index (κ3) is 4.86. The van der Waals surface area contributed by atoms with Crippen LogP contribution in [-0.2, 0) is 20.4 Å². The highest BCUT2D eigenvalue weighted by molar-refractivity contribution is 6.33. The summed E-state index contributed by atoms with van der Waals surface area (Å²) in [5.74, 6) is -0.570. The second-order valence-electron chi connectivity index (χ2n) is 4.89. The molecule has 0 radical (unpaired) electrons. The third-order valence-electron chi connectivity index (χ3n) is 3.13. The van der Waals surface area contributed by atoms with E-state index in [-0.39, 0.29) is 30.0 Å². The van der Waals surface area contributed by atoms with Crippen LogP contribution in [0.5, 0.6) is 0 Å². The molecule has 1 heterocycles. The molecule has 1 aromatic carbocycles. The number of halogens is 4. The molecular formula is C14H15ClF3NO3. The van der Waals surface area contributed by atoms with Crippen molar-refractivity contribution in [1.82, 2.24) is 0 Å². The minimum Gasteiger partial charge on any atom is -0.376 e. The van der Waals surface area contributed by atoms with Gasteiger partial charge in [0.05, 0.1) is 29.0 Å². The first-order valence-corrected chi connectivity index (χ1v) is 7.10. The van der Waals surface area contributed by atoms with Gasteiger partial charge in [0, 0.05) is 6.61 Å². The molecule has 2 rings (SSSR count). The SMILES string of the molecule is O=C(COC[C@@H]1CCCO1)Nc1cc(C(F)(F)F)ccc1Cl. The Morgan fingerprint density at radius 2 is 2.23 bits per heavy atom. The molecule has 122 valence electrons. The number of rotatable bonds is 5. The first-order chi connectivity index (χ1) is 10.4. The van der Waals surface area contributed by atoms with Crippen LogP contribution in [-0.4, -0.2) is 31.8 Å². The van der Waals surface area contributed by atoms with Crippen molar-refractivity contribution in [3.8, 4) is 0 Å². The molecule has 22 heavy (non-hydrogen) atoms. The largest absolute Gasteiger partial charge is 0.416 e. The number of anilines is 1. The predicted octanol–water partition coefficient (Wildman–Crippen LogP) is 3.49. The summed E-state index contributed by atoms with van der Waals surface area (Å²) >= 11 is 5.79. The van der Waals surface area contributed by atoms with Crippen molar-refractivity contribution >= 4 is 23.2 Å². The van der Waals surface area contributed by atoms with Gasteiger partial charge in [0.15, 0.2) is 0 Å². The minimum atomic E-state index is -4.50. The van der Waals surface area contributed by atoms with Crippen LogP contribution in [0.15, 0.2) is 18.2 Å². The molecule has 0 aliphatic carbocycles. The van der Waals surface area contributed by atoms with E-state index < -0.39 is 17.6 Å². The number of ether oxygens (including phenoxy) is 2. The van der Waals surface area contributed by atoms with Gasteiger partial charge < -0.3 is 14.8 Å². The molecule has 0 aromatic heterocycles. The summed E-state index contributed by atoms with van der Waals surface area (Å²) < 4.78 is 48.4. The molecule has 1 aliphatic rings. The van der Waals surface area contributed by atoms with Gasteiger partial charge in [0.25, 0.3) is 0 Å². The Morgan fingerprint density at radius 1 is 1.45 bits per heavy atom. The summed E-state index contributed by atoms with van der Waals surface area (Å²) in [6, 6.07) is 2.74. The first kappa shape index (κ1) is 17.1. The maximum Gasteiger partial charge on any atom is 0.416 e. The van der Waals surface area contributed by atoms with Crippen molar-refractivity contribution in [3.05, 3.63) is 28.8 Å². The van der Waals surface area contributed by atoms with E-state index in [0.29, 0.717) is 6.61 Å². The zero-order valence-corrected chi connectivity index (χ0v) is 12.3. The summed E-state index contributed by atoms with van der Waals surface area (Å²) in [6.45, 7) is 0.691. The molecule has 1 saturated heterocycles. The lowest BCUT2D eigenvalue weighted by atomic mass is 10.2. The Labute approximate surface area is 130 Å². The zero-order chi connectivity index (χ0) is 16.2.